The van der Waals surface area contributed by atoms with Gasteiger partial charge in [-0.25, -0.2) is 4.68 Å². The van der Waals surface area contributed by atoms with E-state index in [1.54, 1.807) is 12.1 Å². The van der Waals surface area contributed by atoms with Crippen LogP contribution < -0.4 is 0 Å². The highest BCUT2D eigenvalue weighted by Gasteiger charge is 2.14. The summed E-state index contributed by atoms with van der Waals surface area (Å²) in [6.45, 7) is 0. The standard InChI is InChI=1S/C14H9ClN4O2/c15-14-13(10-4-2-1-3-5-10)16-17-18(14)11-6-8-12(9-7-11)19(20)21/h1-9H. The Balaban J connectivity index is 2.01. The maximum atomic E-state index is 10.6. The molecule has 7 heteroatoms. The van der Waals surface area contributed by atoms with Crippen LogP contribution in [0.1, 0.15) is 0 Å². The second kappa shape index (κ2) is 5.34. The molecule has 0 spiro atoms. The van der Waals surface area contributed by atoms with Crippen molar-refractivity contribution in [3.63, 3.8) is 0 Å². The summed E-state index contributed by atoms with van der Waals surface area (Å²) < 4.78 is 1.44. The van der Waals surface area contributed by atoms with Crippen LogP contribution in [0, 0.1) is 10.1 Å². The number of benzene rings is 2. The number of aromatic nitrogens is 3. The molecule has 0 unspecified atom stereocenters. The number of non-ortho nitro benzene ring substituents is 1. The number of halogens is 1. The van der Waals surface area contributed by atoms with Crippen LogP contribution in [0.3, 0.4) is 0 Å². The van der Waals surface area contributed by atoms with Crippen molar-refractivity contribution in [2.75, 3.05) is 0 Å². The summed E-state index contributed by atoms with van der Waals surface area (Å²) in [6.07, 6.45) is 0. The molecule has 0 saturated carbocycles. The first-order valence-electron chi connectivity index (χ1n) is 6.08. The van der Waals surface area contributed by atoms with E-state index in [0.29, 0.717) is 16.5 Å². The Hall–Kier alpha value is -2.73. The molecule has 0 aliphatic heterocycles. The average molecular weight is 301 g/mol. The van der Waals surface area contributed by atoms with Crippen LogP contribution in [0.4, 0.5) is 5.69 Å². The first kappa shape index (κ1) is 13.3. The van der Waals surface area contributed by atoms with Gasteiger partial charge >= 0.3 is 0 Å². The Kier molecular flexibility index (Phi) is 3.37. The zero-order chi connectivity index (χ0) is 14.8. The van der Waals surface area contributed by atoms with Crippen LogP contribution >= 0.6 is 11.6 Å². The molecule has 0 saturated heterocycles. The maximum Gasteiger partial charge on any atom is 0.269 e. The largest absolute Gasteiger partial charge is 0.269 e. The van der Waals surface area contributed by atoms with Gasteiger partial charge in [0.2, 0.25) is 0 Å². The zero-order valence-corrected chi connectivity index (χ0v) is 11.4. The molecule has 0 amide bonds. The molecule has 0 fully saturated rings. The van der Waals surface area contributed by atoms with Crippen molar-refractivity contribution in [2.24, 2.45) is 0 Å². The van der Waals surface area contributed by atoms with Gasteiger partial charge in [0.15, 0.2) is 5.15 Å². The molecule has 21 heavy (non-hydrogen) atoms. The smallest absolute Gasteiger partial charge is 0.258 e. The number of nitro groups is 1. The van der Waals surface area contributed by atoms with Gasteiger partial charge in [-0.1, -0.05) is 47.1 Å². The van der Waals surface area contributed by atoms with Crippen LogP contribution in [0.2, 0.25) is 5.15 Å². The third kappa shape index (κ3) is 2.48. The molecule has 0 atom stereocenters. The fourth-order valence-electron chi connectivity index (χ4n) is 1.92. The monoisotopic (exact) mass is 300 g/mol. The molecule has 0 bridgehead atoms. The van der Waals surface area contributed by atoms with Crippen LogP contribution in [0.25, 0.3) is 16.9 Å². The van der Waals surface area contributed by atoms with E-state index in [1.807, 2.05) is 30.3 Å². The predicted octanol–water partition coefficient (Wildman–Crippen LogP) is 3.50. The lowest BCUT2D eigenvalue weighted by atomic mass is 10.2. The molecule has 6 nitrogen and oxygen atoms in total. The van der Waals surface area contributed by atoms with E-state index in [0.717, 1.165) is 5.56 Å². The molecular weight excluding hydrogens is 292 g/mol. The molecule has 3 rings (SSSR count). The van der Waals surface area contributed by atoms with Gasteiger partial charge in [-0.2, -0.15) is 0 Å². The van der Waals surface area contributed by atoms with Crippen molar-refractivity contribution in [1.82, 2.24) is 15.0 Å². The summed E-state index contributed by atoms with van der Waals surface area (Å²) >= 11 is 6.30. The van der Waals surface area contributed by atoms with Gasteiger partial charge in [-0.05, 0) is 12.1 Å². The minimum Gasteiger partial charge on any atom is -0.258 e. The fraction of sp³-hybridized carbons (Fsp3) is 0. The van der Waals surface area contributed by atoms with E-state index >= 15 is 0 Å². The first-order chi connectivity index (χ1) is 10.2. The number of hydrogen-bond acceptors (Lipinski definition) is 4. The van der Waals surface area contributed by atoms with Crippen LogP contribution in [-0.2, 0) is 0 Å². The molecule has 2 aromatic carbocycles. The Bertz CT molecular complexity index is 784. The minimum absolute atomic E-state index is 0.0123. The summed E-state index contributed by atoms with van der Waals surface area (Å²) in [5.41, 5.74) is 2.05. The SMILES string of the molecule is O=[N+]([O-])c1ccc(-n2nnc(-c3ccccc3)c2Cl)cc1. The van der Waals surface area contributed by atoms with E-state index in [9.17, 15) is 10.1 Å². The van der Waals surface area contributed by atoms with Gasteiger partial charge in [0.05, 0.1) is 10.6 Å². The molecule has 3 aromatic rings. The third-order valence-corrected chi connectivity index (χ3v) is 3.31. The molecule has 0 radical (unpaired) electrons. The zero-order valence-electron chi connectivity index (χ0n) is 10.7. The number of nitrogens with zero attached hydrogens (tertiary/aromatic N) is 4. The van der Waals surface area contributed by atoms with E-state index in [-0.39, 0.29) is 5.69 Å². The second-order valence-corrected chi connectivity index (χ2v) is 4.64. The topological polar surface area (TPSA) is 73.8 Å². The van der Waals surface area contributed by atoms with Gasteiger partial charge in [-0.3, -0.25) is 10.1 Å². The lowest BCUT2D eigenvalue weighted by molar-refractivity contribution is -0.384. The Labute approximate surface area is 124 Å². The van der Waals surface area contributed by atoms with Crippen molar-refractivity contribution in [3.05, 3.63) is 69.9 Å². The van der Waals surface area contributed by atoms with Crippen molar-refractivity contribution in [2.45, 2.75) is 0 Å². The van der Waals surface area contributed by atoms with E-state index in [1.165, 1.54) is 16.8 Å². The van der Waals surface area contributed by atoms with Crippen LogP contribution in [0.5, 0.6) is 0 Å². The average Bonchev–Trinajstić information content (AvgIpc) is 2.90. The van der Waals surface area contributed by atoms with Gasteiger partial charge in [0, 0.05) is 17.7 Å². The van der Waals surface area contributed by atoms with Gasteiger partial charge < -0.3 is 0 Å². The van der Waals surface area contributed by atoms with Gasteiger partial charge in [0.25, 0.3) is 5.69 Å². The second-order valence-electron chi connectivity index (χ2n) is 4.28. The highest BCUT2D eigenvalue weighted by Crippen LogP contribution is 2.27. The molecule has 104 valence electrons. The highest BCUT2D eigenvalue weighted by atomic mass is 35.5. The number of nitro benzene ring substituents is 1. The van der Waals surface area contributed by atoms with Gasteiger partial charge in [-0.15, -0.1) is 5.10 Å². The van der Waals surface area contributed by atoms with E-state index in [4.69, 9.17) is 11.6 Å². The van der Waals surface area contributed by atoms with Crippen molar-refractivity contribution in [3.8, 4) is 16.9 Å². The third-order valence-electron chi connectivity index (χ3n) is 2.97. The summed E-state index contributed by atoms with van der Waals surface area (Å²) in [5, 5.41) is 19.1. The molecule has 1 aromatic heterocycles. The normalized spacial score (nSPS) is 10.5. The lowest BCUT2D eigenvalue weighted by Crippen LogP contribution is -1.97. The van der Waals surface area contributed by atoms with Crippen LogP contribution in [-0.4, -0.2) is 19.9 Å². The summed E-state index contributed by atoms with van der Waals surface area (Å²) in [5.74, 6) is 0. The Morgan fingerprint density at radius 3 is 2.33 bits per heavy atom. The first-order valence-corrected chi connectivity index (χ1v) is 6.46. The number of rotatable bonds is 3. The van der Waals surface area contributed by atoms with Crippen molar-refractivity contribution >= 4 is 17.3 Å². The molecule has 0 aliphatic carbocycles. The molecule has 1 heterocycles. The van der Waals surface area contributed by atoms with Crippen molar-refractivity contribution < 1.29 is 4.92 Å². The quantitative estimate of drug-likeness (QED) is 0.548. The Morgan fingerprint density at radius 2 is 1.71 bits per heavy atom. The lowest BCUT2D eigenvalue weighted by Gasteiger charge is -2.02. The van der Waals surface area contributed by atoms with E-state index in [2.05, 4.69) is 10.3 Å². The summed E-state index contributed by atoms with van der Waals surface area (Å²) in [4.78, 5) is 10.2. The summed E-state index contributed by atoms with van der Waals surface area (Å²) in [7, 11) is 0. The number of hydrogen-bond donors (Lipinski definition) is 0. The Morgan fingerprint density at radius 1 is 1.05 bits per heavy atom. The fourth-order valence-corrected chi connectivity index (χ4v) is 2.20. The minimum atomic E-state index is -0.456. The summed E-state index contributed by atoms with van der Waals surface area (Å²) in [6, 6.07) is 15.4. The molecule has 0 aliphatic rings. The molecule has 0 N–H and O–H groups in total. The van der Waals surface area contributed by atoms with Crippen LogP contribution in [0.15, 0.2) is 54.6 Å². The predicted molar refractivity (Wildman–Crippen MR) is 78.5 cm³/mol. The highest BCUT2D eigenvalue weighted by molar-refractivity contribution is 6.32. The van der Waals surface area contributed by atoms with E-state index < -0.39 is 4.92 Å². The maximum absolute atomic E-state index is 10.6. The van der Waals surface area contributed by atoms with Crippen molar-refractivity contribution in [1.29, 1.82) is 0 Å². The molecular formula is C14H9ClN4O2. The van der Waals surface area contributed by atoms with Gasteiger partial charge in [0.1, 0.15) is 5.69 Å².